The molecule has 1 heterocycles. The Bertz CT molecular complexity index is 725. The molecule has 126 valence electrons. The lowest BCUT2D eigenvalue weighted by Crippen LogP contribution is -3.13. The molecule has 2 aromatic rings. The van der Waals surface area contributed by atoms with Gasteiger partial charge in [-0.25, -0.2) is 0 Å². The first-order valence-electron chi connectivity index (χ1n) is 7.93. The smallest absolute Gasteiger partial charge is 0.104 e. The van der Waals surface area contributed by atoms with Crippen LogP contribution in [-0.4, -0.2) is 37.4 Å². The van der Waals surface area contributed by atoms with Crippen LogP contribution in [0.3, 0.4) is 0 Å². The van der Waals surface area contributed by atoms with Crippen LogP contribution in [0.25, 0.3) is 0 Å². The Morgan fingerprint density at radius 2 is 1.75 bits per heavy atom. The van der Waals surface area contributed by atoms with Gasteiger partial charge in [-0.3, -0.25) is 5.01 Å². The first-order valence-corrected chi connectivity index (χ1v) is 9.06. The van der Waals surface area contributed by atoms with E-state index in [1.165, 1.54) is 10.5 Å². The Kier molecular flexibility index (Phi) is 6.01. The third-order valence-corrected chi connectivity index (χ3v) is 5.10. The number of piperazine rings is 1. The molecule has 1 fully saturated rings. The Labute approximate surface area is 157 Å². The maximum Gasteiger partial charge on any atom is 0.104 e. The summed E-state index contributed by atoms with van der Waals surface area (Å²) in [5, 5.41) is 8.73. The Morgan fingerprint density at radius 1 is 1.00 bits per heavy atom. The second-order valence-electron chi connectivity index (χ2n) is 5.88. The summed E-state index contributed by atoms with van der Waals surface area (Å²) in [5.74, 6) is 0. The molecule has 0 aliphatic carbocycles. The van der Waals surface area contributed by atoms with Crippen LogP contribution in [0.15, 0.2) is 47.6 Å². The standard InChI is InChI=1S/C18H18Cl3N3/c19-16-6-5-14(18(21)11-16)12-22-24-9-7-23(8-10-24)13-15-3-1-2-4-17(15)20/h1-6,11-12H,7-10,13H2/p+1. The first-order chi connectivity index (χ1) is 11.6. The van der Waals surface area contributed by atoms with Crippen LogP contribution in [0, 0.1) is 0 Å². The number of hydrazone groups is 1. The fourth-order valence-corrected chi connectivity index (χ4v) is 3.42. The van der Waals surface area contributed by atoms with E-state index in [2.05, 4.69) is 16.2 Å². The number of quaternary nitrogens is 1. The highest BCUT2D eigenvalue weighted by molar-refractivity contribution is 6.36. The summed E-state index contributed by atoms with van der Waals surface area (Å²) in [4.78, 5) is 1.53. The van der Waals surface area contributed by atoms with Crippen LogP contribution in [0.4, 0.5) is 0 Å². The molecule has 1 saturated heterocycles. The van der Waals surface area contributed by atoms with Crippen molar-refractivity contribution in [2.45, 2.75) is 6.54 Å². The van der Waals surface area contributed by atoms with Crippen LogP contribution >= 0.6 is 34.8 Å². The van der Waals surface area contributed by atoms with E-state index in [0.717, 1.165) is 43.3 Å². The molecule has 6 heteroatoms. The van der Waals surface area contributed by atoms with E-state index < -0.39 is 0 Å². The van der Waals surface area contributed by atoms with E-state index in [4.69, 9.17) is 34.8 Å². The fraction of sp³-hybridized carbons (Fsp3) is 0.278. The van der Waals surface area contributed by atoms with Crippen molar-refractivity contribution < 1.29 is 4.90 Å². The number of benzene rings is 2. The highest BCUT2D eigenvalue weighted by atomic mass is 35.5. The molecule has 0 radical (unpaired) electrons. The molecule has 0 amide bonds. The predicted octanol–water partition coefficient (Wildman–Crippen LogP) is 3.38. The molecule has 0 unspecified atom stereocenters. The molecule has 3 nitrogen and oxygen atoms in total. The maximum absolute atomic E-state index is 6.25. The van der Waals surface area contributed by atoms with E-state index >= 15 is 0 Å². The van der Waals surface area contributed by atoms with Crippen molar-refractivity contribution in [3.05, 3.63) is 68.7 Å². The lowest BCUT2D eigenvalue weighted by Gasteiger charge is -2.30. The minimum atomic E-state index is 0.620. The second-order valence-corrected chi connectivity index (χ2v) is 7.13. The van der Waals surface area contributed by atoms with Gasteiger partial charge in [-0.05, 0) is 18.2 Å². The molecule has 0 aromatic heterocycles. The van der Waals surface area contributed by atoms with Gasteiger partial charge in [-0.15, -0.1) is 0 Å². The first kappa shape index (κ1) is 17.6. The molecule has 2 aromatic carbocycles. The van der Waals surface area contributed by atoms with E-state index in [9.17, 15) is 0 Å². The minimum Gasteiger partial charge on any atom is -0.328 e. The zero-order valence-corrected chi connectivity index (χ0v) is 15.5. The van der Waals surface area contributed by atoms with Crippen molar-refractivity contribution in [3.8, 4) is 0 Å². The average Bonchev–Trinajstić information content (AvgIpc) is 2.57. The van der Waals surface area contributed by atoms with Crippen LogP contribution in [-0.2, 0) is 6.54 Å². The van der Waals surface area contributed by atoms with Crippen molar-refractivity contribution in [2.75, 3.05) is 26.2 Å². The van der Waals surface area contributed by atoms with Crippen molar-refractivity contribution >= 4 is 41.0 Å². The molecular weight excluding hydrogens is 365 g/mol. The summed E-state index contributed by atoms with van der Waals surface area (Å²) in [5.41, 5.74) is 2.09. The summed E-state index contributed by atoms with van der Waals surface area (Å²) in [6, 6.07) is 13.5. The van der Waals surface area contributed by atoms with Crippen LogP contribution in [0.2, 0.25) is 15.1 Å². The molecule has 0 atom stereocenters. The van der Waals surface area contributed by atoms with Gasteiger partial charge in [0.25, 0.3) is 0 Å². The molecule has 3 rings (SSSR count). The zero-order chi connectivity index (χ0) is 16.9. The van der Waals surface area contributed by atoms with Crippen LogP contribution in [0.5, 0.6) is 0 Å². The minimum absolute atomic E-state index is 0.620. The summed E-state index contributed by atoms with van der Waals surface area (Å²) >= 11 is 18.3. The third-order valence-electron chi connectivity index (χ3n) is 4.17. The average molecular weight is 384 g/mol. The SMILES string of the molecule is Clc1ccc(C=NN2CC[NH+](Cc3ccccc3Cl)CC2)c(Cl)c1. The van der Waals surface area contributed by atoms with Crippen molar-refractivity contribution in [1.29, 1.82) is 0 Å². The highest BCUT2D eigenvalue weighted by Gasteiger charge is 2.19. The van der Waals surface area contributed by atoms with Gasteiger partial charge in [-0.2, -0.15) is 5.10 Å². The van der Waals surface area contributed by atoms with Gasteiger partial charge < -0.3 is 4.90 Å². The van der Waals surface area contributed by atoms with Crippen molar-refractivity contribution in [2.24, 2.45) is 5.10 Å². The largest absolute Gasteiger partial charge is 0.328 e. The predicted molar refractivity (Wildman–Crippen MR) is 101 cm³/mol. The van der Waals surface area contributed by atoms with Crippen molar-refractivity contribution in [1.82, 2.24) is 5.01 Å². The monoisotopic (exact) mass is 382 g/mol. The highest BCUT2D eigenvalue weighted by Crippen LogP contribution is 2.19. The van der Waals surface area contributed by atoms with Gasteiger partial charge in [0.15, 0.2) is 0 Å². The van der Waals surface area contributed by atoms with Crippen LogP contribution in [0.1, 0.15) is 11.1 Å². The van der Waals surface area contributed by atoms with Gasteiger partial charge in [0, 0.05) is 21.2 Å². The van der Waals surface area contributed by atoms with Gasteiger partial charge in [0.2, 0.25) is 0 Å². The lowest BCUT2D eigenvalue weighted by atomic mass is 10.2. The number of rotatable bonds is 4. The summed E-state index contributed by atoms with van der Waals surface area (Å²) < 4.78 is 0. The number of hydrogen-bond acceptors (Lipinski definition) is 2. The molecule has 0 spiro atoms. The molecule has 1 aliphatic heterocycles. The molecule has 1 aliphatic rings. The van der Waals surface area contributed by atoms with E-state index in [1.54, 1.807) is 12.3 Å². The summed E-state index contributed by atoms with van der Waals surface area (Å²) in [6.07, 6.45) is 1.80. The van der Waals surface area contributed by atoms with Crippen LogP contribution < -0.4 is 4.90 Å². The molecule has 0 saturated carbocycles. The number of nitrogens with one attached hydrogen (secondary N) is 1. The Balaban J connectivity index is 1.53. The second kappa shape index (κ2) is 8.21. The van der Waals surface area contributed by atoms with E-state index in [-0.39, 0.29) is 0 Å². The van der Waals surface area contributed by atoms with Gasteiger partial charge >= 0.3 is 0 Å². The Morgan fingerprint density at radius 3 is 2.46 bits per heavy atom. The quantitative estimate of drug-likeness (QED) is 0.802. The molecular formula is C18H19Cl3N3+. The topological polar surface area (TPSA) is 20.0 Å². The van der Waals surface area contributed by atoms with Gasteiger partial charge in [0.05, 0.1) is 37.4 Å². The van der Waals surface area contributed by atoms with Crippen molar-refractivity contribution in [3.63, 3.8) is 0 Å². The number of halogens is 3. The lowest BCUT2D eigenvalue weighted by molar-refractivity contribution is -0.918. The fourth-order valence-electron chi connectivity index (χ4n) is 2.76. The number of nitrogens with zero attached hydrogens (tertiary/aromatic N) is 2. The molecule has 24 heavy (non-hydrogen) atoms. The van der Waals surface area contributed by atoms with E-state index in [0.29, 0.717) is 10.0 Å². The normalized spacial score (nSPS) is 16.0. The third kappa shape index (κ3) is 4.64. The molecule has 1 N–H and O–H groups in total. The van der Waals surface area contributed by atoms with E-state index in [1.807, 2.05) is 30.3 Å². The van der Waals surface area contributed by atoms with Gasteiger partial charge in [-0.1, -0.05) is 59.1 Å². The summed E-state index contributed by atoms with van der Waals surface area (Å²) in [6.45, 7) is 4.87. The van der Waals surface area contributed by atoms with Gasteiger partial charge in [0.1, 0.15) is 6.54 Å². The molecule has 0 bridgehead atoms. The zero-order valence-electron chi connectivity index (χ0n) is 13.2. The Hall–Kier alpha value is -1.26. The summed E-state index contributed by atoms with van der Waals surface area (Å²) in [7, 11) is 0. The number of hydrogen-bond donors (Lipinski definition) is 1. The maximum atomic E-state index is 6.25.